The number of hydrogen-bond acceptors (Lipinski definition) is 2. The quantitative estimate of drug-likeness (QED) is 0.307. The number of hydrogen-bond donors (Lipinski definition) is 1. The van der Waals surface area contributed by atoms with E-state index in [1.807, 2.05) is 85.0 Å². The molecule has 3 heterocycles. The van der Waals surface area contributed by atoms with Crippen LogP contribution in [0.15, 0.2) is 97.2 Å². The maximum Gasteiger partial charge on any atom is 0.322 e. The number of aromatic nitrogens is 3. The summed E-state index contributed by atoms with van der Waals surface area (Å²) in [6.07, 6.45) is 2.07. The molecule has 0 unspecified atom stereocenters. The molecule has 0 saturated carbocycles. The number of carbonyl (C=O) groups is 1. The maximum absolute atomic E-state index is 14.1. The molecule has 3 aromatic carbocycles. The van der Waals surface area contributed by atoms with Crippen LogP contribution >= 0.6 is 0 Å². The van der Waals surface area contributed by atoms with Gasteiger partial charge in [-0.1, -0.05) is 60.7 Å². The highest BCUT2D eigenvalue weighted by Crippen LogP contribution is 2.38. The van der Waals surface area contributed by atoms with Crippen LogP contribution in [0.1, 0.15) is 39.7 Å². The van der Waals surface area contributed by atoms with Crippen molar-refractivity contribution < 1.29 is 4.79 Å². The van der Waals surface area contributed by atoms with Crippen molar-refractivity contribution in [3.05, 3.63) is 131 Å². The molecule has 0 spiro atoms. The lowest BCUT2D eigenvalue weighted by Gasteiger charge is -2.31. The van der Waals surface area contributed by atoms with Crippen LogP contribution in [0.3, 0.4) is 0 Å². The Morgan fingerprint density at radius 1 is 0.892 bits per heavy atom. The van der Waals surface area contributed by atoms with E-state index in [0.29, 0.717) is 6.54 Å². The van der Waals surface area contributed by atoms with Gasteiger partial charge in [0, 0.05) is 17.4 Å². The van der Waals surface area contributed by atoms with E-state index < -0.39 is 0 Å². The fraction of sp³-hybridized carbons (Fsp3) is 0.161. The van der Waals surface area contributed by atoms with E-state index in [9.17, 15) is 4.79 Å². The average Bonchev–Trinajstić information content (AvgIpc) is 3.47. The second kappa shape index (κ2) is 9.13. The molecule has 1 atom stereocenters. The van der Waals surface area contributed by atoms with Gasteiger partial charge in [-0.3, -0.25) is 0 Å². The van der Waals surface area contributed by atoms with Gasteiger partial charge < -0.3 is 14.8 Å². The van der Waals surface area contributed by atoms with Crippen LogP contribution in [-0.4, -0.2) is 25.3 Å². The molecular weight excluding hydrogens is 458 g/mol. The van der Waals surface area contributed by atoms with Gasteiger partial charge in [-0.15, -0.1) is 0 Å². The molecular formula is C31H29N5O. The highest BCUT2D eigenvalue weighted by molar-refractivity contribution is 5.91. The summed E-state index contributed by atoms with van der Waals surface area (Å²) in [6, 6.07) is 30.2. The largest absolute Gasteiger partial charge is 0.322 e. The number of anilines is 1. The van der Waals surface area contributed by atoms with Gasteiger partial charge in [0.2, 0.25) is 0 Å². The number of para-hydroxylation sites is 1. The van der Waals surface area contributed by atoms with Crippen molar-refractivity contribution in [1.82, 2.24) is 19.2 Å². The number of carbonyl (C=O) groups excluding carboxylic acids is 1. The van der Waals surface area contributed by atoms with E-state index in [1.54, 1.807) is 0 Å². The van der Waals surface area contributed by atoms with Crippen molar-refractivity contribution >= 4 is 11.7 Å². The fourth-order valence-corrected chi connectivity index (χ4v) is 5.19. The maximum atomic E-state index is 14.1. The number of fused-ring (bicyclic) bond motifs is 3. The molecule has 1 aliphatic heterocycles. The predicted molar refractivity (Wildman–Crippen MR) is 146 cm³/mol. The first-order chi connectivity index (χ1) is 18.0. The smallest absolute Gasteiger partial charge is 0.308 e. The Hall–Kier alpha value is -4.58. The van der Waals surface area contributed by atoms with E-state index in [2.05, 4.69) is 52.5 Å². The Bertz CT molecular complexity index is 1580. The van der Waals surface area contributed by atoms with Crippen LogP contribution in [0.4, 0.5) is 10.5 Å². The summed E-state index contributed by atoms with van der Waals surface area (Å²) >= 11 is 0. The van der Waals surface area contributed by atoms with Crippen molar-refractivity contribution in [3.63, 3.8) is 0 Å². The van der Waals surface area contributed by atoms with Crippen molar-refractivity contribution in [2.24, 2.45) is 0 Å². The first-order valence-corrected chi connectivity index (χ1v) is 12.5. The highest BCUT2D eigenvalue weighted by atomic mass is 16.2. The summed E-state index contributed by atoms with van der Waals surface area (Å²) in [5.74, 6) is 0.965. The van der Waals surface area contributed by atoms with Crippen LogP contribution in [0.2, 0.25) is 0 Å². The van der Waals surface area contributed by atoms with Gasteiger partial charge in [-0.05, 0) is 67.8 Å². The minimum absolute atomic E-state index is 0.144. The molecule has 5 aromatic rings. The molecule has 0 saturated heterocycles. The second-order valence-corrected chi connectivity index (χ2v) is 9.63. The van der Waals surface area contributed by atoms with Crippen molar-refractivity contribution in [2.45, 2.75) is 33.4 Å². The molecule has 0 radical (unpaired) electrons. The van der Waals surface area contributed by atoms with E-state index in [-0.39, 0.29) is 12.1 Å². The van der Waals surface area contributed by atoms with Crippen molar-refractivity contribution in [2.75, 3.05) is 5.32 Å². The fourth-order valence-electron chi connectivity index (χ4n) is 5.19. The molecule has 1 N–H and O–H groups in total. The van der Waals surface area contributed by atoms with Crippen molar-refractivity contribution in [3.8, 4) is 11.5 Å². The molecule has 1 aliphatic rings. The van der Waals surface area contributed by atoms with E-state index in [0.717, 1.165) is 50.8 Å². The number of aryl methyl sites for hydroxylation is 3. The first kappa shape index (κ1) is 22.9. The summed E-state index contributed by atoms with van der Waals surface area (Å²) in [4.78, 5) is 16.0. The van der Waals surface area contributed by atoms with Gasteiger partial charge in [0.15, 0.2) is 0 Å². The Morgan fingerprint density at radius 3 is 2.38 bits per heavy atom. The van der Waals surface area contributed by atoms with Gasteiger partial charge in [-0.2, -0.15) is 5.10 Å². The molecule has 0 aliphatic carbocycles. The molecule has 6 nitrogen and oxygen atoms in total. The lowest BCUT2D eigenvalue weighted by molar-refractivity contribution is 0.194. The molecule has 0 fully saturated rings. The molecule has 184 valence electrons. The lowest BCUT2D eigenvalue weighted by atomic mass is 10.0. The zero-order valence-electron chi connectivity index (χ0n) is 21.2. The standard InChI is InChI=1S/C31H29N5O/c1-21-16-17-22(2)27(19-21)32-31(37)35-20-26-23(3)33-36(25-13-8-5-9-14-25)30(26)34-18-10-15-28(34)29(35)24-11-6-4-7-12-24/h4-19,29H,20H2,1-3H3,(H,32,37)/t29-/m1/s1. The van der Waals surface area contributed by atoms with E-state index in [4.69, 9.17) is 5.10 Å². The Balaban J connectivity index is 1.53. The van der Waals surface area contributed by atoms with Crippen LogP contribution in [0.5, 0.6) is 0 Å². The Kier molecular flexibility index (Phi) is 5.64. The number of benzene rings is 3. The molecule has 2 amide bonds. The normalized spacial score (nSPS) is 14.6. The summed E-state index contributed by atoms with van der Waals surface area (Å²) < 4.78 is 4.17. The van der Waals surface area contributed by atoms with Crippen LogP contribution in [-0.2, 0) is 6.54 Å². The molecule has 6 heteroatoms. The predicted octanol–water partition coefficient (Wildman–Crippen LogP) is 6.73. The van der Waals surface area contributed by atoms with Crippen molar-refractivity contribution in [1.29, 1.82) is 0 Å². The third-order valence-electron chi connectivity index (χ3n) is 7.10. The van der Waals surface area contributed by atoms with Crippen LogP contribution in [0, 0.1) is 20.8 Å². The SMILES string of the molecule is Cc1ccc(C)c(NC(=O)N2Cc3c(C)nn(-c4ccccc4)c3-n3cccc3[C@H]2c2ccccc2)c1. The number of nitrogens with zero attached hydrogens (tertiary/aromatic N) is 4. The summed E-state index contributed by atoms with van der Waals surface area (Å²) in [7, 11) is 0. The van der Waals surface area contributed by atoms with Gasteiger partial charge in [0.05, 0.1) is 29.7 Å². The molecule has 37 heavy (non-hydrogen) atoms. The minimum Gasteiger partial charge on any atom is -0.308 e. The topological polar surface area (TPSA) is 55.1 Å². The highest BCUT2D eigenvalue weighted by Gasteiger charge is 2.36. The monoisotopic (exact) mass is 487 g/mol. The van der Waals surface area contributed by atoms with E-state index >= 15 is 0 Å². The lowest BCUT2D eigenvalue weighted by Crippen LogP contribution is -2.38. The molecule has 6 rings (SSSR count). The summed E-state index contributed by atoms with van der Waals surface area (Å²) in [5, 5.41) is 8.13. The first-order valence-electron chi connectivity index (χ1n) is 12.5. The minimum atomic E-state index is -0.280. The Morgan fingerprint density at radius 2 is 1.62 bits per heavy atom. The number of rotatable bonds is 3. The molecule has 2 aromatic heterocycles. The summed E-state index contributed by atoms with van der Waals surface area (Å²) in [6.45, 7) is 6.49. The average molecular weight is 488 g/mol. The van der Waals surface area contributed by atoms with Crippen LogP contribution < -0.4 is 5.32 Å². The second-order valence-electron chi connectivity index (χ2n) is 9.63. The van der Waals surface area contributed by atoms with Gasteiger partial charge in [0.25, 0.3) is 0 Å². The van der Waals surface area contributed by atoms with Crippen LogP contribution in [0.25, 0.3) is 11.5 Å². The Labute approximate surface area is 216 Å². The third kappa shape index (κ3) is 4.00. The number of nitrogens with one attached hydrogen (secondary N) is 1. The molecule has 0 bridgehead atoms. The number of amides is 2. The van der Waals surface area contributed by atoms with E-state index in [1.165, 1.54) is 0 Å². The summed E-state index contributed by atoms with van der Waals surface area (Å²) in [5.41, 5.74) is 7.94. The van der Waals surface area contributed by atoms with Gasteiger partial charge >= 0.3 is 6.03 Å². The zero-order valence-corrected chi connectivity index (χ0v) is 21.2. The number of urea groups is 1. The van der Waals surface area contributed by atoms with Gasteiger partial charge in [0.1, 0.15) is 5.82 Å². The third-order valence-corrected chi connectivity index (χ3v) is 7.10. The zero-order chi connectivity index (χ0) is 25.5. The van der Waals surface area contributed by atoms with Gasteiger partial charge in [-0.25, -0.2) is 9.48 Å².